The molecule has 0 saturated carbocycles. The molecule has 0 spiro atoms. The van der Waals surface area contributed by atoms with Crippen molar-refractivity contribution < 1.29 is 13.2 Å². The van der Waals surface area contributed by atoms with Gasteiger partial charge in [0.05, 0.1) is 11.9 Å². The number of hydrogen-bond acceptors (Lipinski definition) is 4. The molecule has 0 radical (unpaired) electrons. The quantitative estimate of drug-likeness (QED) is 0.798. The van der Waals surface area contributed by atoms with Crippen LogP contribution in [-0.2, 0) is 20.5 Å². The SMILES string of the molecule is Nc1cccc(CS(=O)(=O)NCC2CCCCO2)c1. The van der Waals surface area contributed by atoms with E-state index in [1.54, 1.807) is 24.3 Å². The van der Waals surface area contributed by atoms with Crippen LogP contribution in [0.25, 0.3) is 0 Å². The van der Waals surface area contributed by atoms with Gasteiger partial charge in [-0.15, -0.1) is 0 Å². The lowest BCUT2D eigenvalue weighted by Crippen LogP contribution is -2.36. The van der Waals surface area contributed by atoms with Crippen LogP contribution in [0.4, 0.5) is 5.69 Å². The van der Waals surface area contributed by atoms with Gasteiger partial charge in [-0.1, -0.05) is 12.1 Å². The molecule has 1 atom stereocenters. The lowest BCUT2D eigenvalue weighted by molar-refractivity contribution is 0.0200. The van der Waals surface area contributed by atoms with Crippen LogP contribution in [0.15, 0.2) is 24.3 Å². The summed E-state index contributed by atoms with van der Waals surface area (Å²) in [6, 6.07) is 6.92. The monoisotopic (exact) mass is 284 g/mol. The second-order valence-corrected chi connectivity index (χ2v) is 6.65. The Morgan fingerprint density at radius 1 is 1.37 bits per heavy atom. The number of anilines is 1. The van der Waals surface area contributed by atoms with Crippen molar-refractivity contribution in [2.45, 2.75) is 31.1 Å². The topological polar surface area (TPSA) is 81.4 Å². The predicted molar refractivity (Wildman–Crippen MR) is 75.1 cm³/mol. The molecule has 0 bridgehead atoms. The van der Waals surface area contributed by atoms with Crippen molar-refractivity contribution >= 4 is 15.7 Å². The van der Waals surface area contributed by atoms with Gasteiger partial charge in [-0.05, 0) is 37.0 Å². The molecular weight excluding hydrogens is 264 g/mol. The molecule has 106 valence electrons. The van der Waals surface area contributed by atoms with E-state index in [9.17, 15) is 8.42 Å². The van der Waals surface area contributed by atoms with Gasteiger partial charge in [0.1, 0.15) is 0 Å². The van der Waals surface area contributed by atoms with Gasteiger partial charge in [-0.3, -0.25) is 0 Å². The molecule has 1 fully saturated rings. The highest BCUT2D eigenvalue weighted by atomic mass is 32.2. The van der Waals surface area contributed by atoms with Crippen molar-refractivity contribution in [3.63, 3.8) is 0 Å². The van der Waals surface area contributed by atoms with E-state index in [1.165, 1.54) is 0 Å². The molecule has 1 aliphatic rings. The van der Waals surface area contributed by atoms with E-state index in [0.29, 0.717) is 17.8 Å². The van der Waals surface area contributed by atoms with E-state index >= 15 is 0 Å². The number of nitrogens with one attached hydrogen (secondary N) is 1. The van der Waals surface area contributed by atoms with E-state index in [4.69, 9.17) is 10.5 Å². The van der Waals surface area contributed by atoms with Crippen LogP contribution >= 0.6 is 0 Å². The average Bonchev–Trinajstić information content (AvgIpc) is 2.37. The molecular formula is C13H20N2O3S. The lowest BCUT2D eigenvalue weighted by Gasteiger charge is -2.22. The lowest BCUT2D eigenvalue weighted by atomic mass is 10.1. The standard InChI is InChI=1S/C13H20N2O3S/c14-12-5-3-4-11(8-12)10-19(16,17)15-9-13-6-1-2-7-18-13/h3-5,8,13,15H,1-2,6-7,9-10,14H2. The Kier molecular flexibility index (Phi) is 4.79. The van der Waals surface area contributed by atoms with Crippen molar-refractivity contribution in [1.29, 1.82) is 0 Å². The Morgan fingerprint density at radius 2 is 2.21 bits per heavy atom. The molecule has 2 rings (SSSR count). The Balaban J connectivity index is 1.87. The third kappa shape index (κ3) is 4.81. The summed E-state index contributed by atoms with van der Waals surface area (Å²) < 4.78 is 32.0. The van der Waals surface area contributed by atoms with Gasteiger partial charge in [0.15, 0.2) is 0 Å². The zero-order valence-electron chi connectivity index (χ0n) is 10.8. The minimum Gasteiger partial charge on any atom is -0.399 e. The van der Waals surface area contributed by atoms with Gasteiger partial charge in [-0.25, -0.2) is 13.1 Å². The first-order valence-corrected chi connectivity index (χ1v) is 8.14. The van der Waals surface area contributed by atoms with Crippen LogP contribution in [-0.4, -0.2) is 27.7 Å². The van der Waals surface area contributed by atoms with E-state index in [2.05, 4.69) is 4.72 Å². The predicted octanol–water partition coefficient (Wildman–Crippen LogP) is 1.26. The fourth-order valence-corrected chi connectivity index (χ4v) is 3.30. The summed E-state index contributed by atoms with van der Waals surface area (Å²) >= 11 is 0. The first kappa shape index (κ1) is 14.3. The highest BCUT2D eigenvalue weighted by Gasteiger charge is 2.18. The smallest absolute Gasteiger partial charge is 0.215 e. The van der Waals surface area contributed by atoms with Crippen molar-refractivity contribution in [2.75, 3.05) is 18.9 Å². The Morgan fingerprint density at radius 3 is 2.89 bits per heavy atom. The average molecular weight is 284 g/mol. The van der Waals surface area contributed by atoms with E-state index in [0.717, 1.165) is 25.9 Å². The summed E-state index contributed by atoms with van der Waals surface area (Å²) in [6.07, 6.45) is 3.08. The Labute approximate surface area is 114 Å². The van der Waals surface area contributed by atoms with Crippen LogP contribution < -0.4 is 10.5 Å². The maximum atomic E-state index is 11.9. The maximum Gasteiger partial charge on any atom is 0.215 e. The molecule has 1 saturated heterocycles. The van der Waals surface area contributed by atoms with Gasteiger partial charge in [-0.2, -0.15) is 0 Å². The first-order valence-electron chi connectivity index (χ1n) is 6.48. The van der Waals surface area contributed by atoms with Crippen molar-refractivity contribution in [1.82, 2.24) is 4.72 Å². The molecule has 1 unspecified atom stereocenters. The summed E-state index contributed by atoms with van der Waals surface area (Å²) in [5, 5.41) is 0. The molecule has 0 aliphatic carbocycles. The molecule has 5 nitrogen and oxygen atoms in total. The Hall–Kier alpha value is -1.11. The van der Waals surface area contributed by atoms with Crippen LogP contribution in [0.1, 0.15) is 24.8 Å². The normalized spacial score (nSPS) is 20.3. The van der Waals surface area contributed by atoms with Crippen LogP contribution in [0, 0.1) is 0 Å². The second-order valence-electron chi connectivity index (χ2n) is 4.84. The molecule has 0 aromatic heterocycles. The van der Waals surface area contributed by atoms with Crippen LogP contribution in [0.2, 0.25) is 0 Å². The third-order valence-corrected chi connectivity index (χ3v) is 4.43. The fourth-order valence-electron chi connectivity index (χ4n) is 2.14. The van der Waals surface area contributed by atoms with E-state index in [1.807, 2.05) is 0 Å². The number of nitrogen functional groups attached to an aromatic ring is 1. The summed E-state index contributed by atoms with van der Waals surface area (Å²) in [7, 11) is -3.34. The molecule has 3 N–H and O–H groups in total. The molecule has 0 amide bonds. The molecule has 1 aromatic carbocycles. The van der Waals surface area contributed by atoms with Crippen LogP contribution in [0.3, 0.4) is 0 Å². The number of rotatable bonds is 5. The van der Waals surface area contributed by atoms with Gasteiger partial charge in [0, 0.05) is 18.8 Å². The number of sulfonamides is 1. The van der Waals surface area contributed by atoms with E-state index < -0.39 is 10.0 Å². The summed E-state index contributed by atoms with van der Waals surface area (Å²) in [5.41, 5.74) is 6.90. The van der Waals surface area contributed by atoms with Crippen molar-refractivity contribution in [2.24, 2.45) is 0 Å². The minimum atomic E-state index is -3.34. The summed E-state index contributed by atoms with van der Waals surface area (Å²) in [4.78, 5) is 0. The number of benzene rings is 1. The zero-order chi connectivity index (χ0) is 13.7. The highest BCUT2D eigenvalue weighted by molar-refractivity contribution is 7.88. The van der Waals surface area contributed by atoms with Gasteiger partial charge in [0.2, 0.25) is 10.0 Å². The summed E-state index contributed by atoms with van der Waals surface area (Å²) in [5.74, 6) is -0.0508. The number of hydrogen-bond donors (Lipinski definition) is 2. The molecule has 6 heteroatoms. The Bertz CT molecular complexity index is 510. The first-order chi connectivity index (χ1) is 9.05. The minimum absolute atomic E-state index is 0.00404. The maximum absolute atomic E-state index is 11.9. The highest BCUT2D eigenvalue weighted by Crippen LogP contribution is 2.13. The second kappa shape index (κ2) is 6.36. The third-order valence-electron chi connectivity index (χ3n) is 3.11. The zero-order valence-corrected chi connectivity index (χ0v) is 11.7. The van der Waals surface area contributed by atoms with Gasteiger partial charge in [0.25, 0.3) is 0 Å². The van der Waals surface area contributed by atoms with Crippen molar-refractivity contribution in [3.05, 3.63) is 29.8 Å². The van der Waals surface area contributed by atoms with Gasteiger partial charge < -0.3 is 10.5 Å². The van der Waals surface area contributed by atoms with Crippen LogP contribution in [0.5, 0.6) is 0 Å². The number of ether oxygens (including phenoxy) is 1. The number of nitrogens with two attached hydrogens (primary N) is 1. The molecule has 1 aliphatic heterocycles. The fraction of sp³-hybridized carbons (Fsp3) is 0.538. The van der Waals surface area contributed by atoms with Crippen molar-refractivity contribution in [3.8, 4) is 0 Å². The molecule has 19 heavy (non-hydrogen) atoms. The molecule has 1 aromatic rings. The molecule has 1 heterocycles. The van der Waals surface area contributed by atoms with Gasteiger partial charge >= 0.3 is 0 Å². The largest absolute Gasteiger partial charge is 0.399 e. The summed E-state index contributed by atoms with van der Waals surface area (Å²) in [6.45, 7) is 1.08. The van der Waals surface area contributed by atoms with E-state index in [-0.39, 0.29) is 11.9 Å².